The summed E-state index contributed by atoms with van der Waals surface area (Å²) in [5.41, 5.74) is -1.03. The summed E-state index contributed by atoms with van der Waals surface area (Å²) in [6, 6.07) is 11.2. The molecule has 2 N–H and O–H groups in total. The van der Waals surface area contributed by atoms with Crippen LogP contribution in [0.4, 0.5) is 0 Å². The first-order valence-corrected chi connectivity index (χ1v) is 10.5. The molecule has 0 amide bonds. The van der Waals surface area contributed by atoms with Crippen LogP contribution in [0.15, 0.2) is 56.9 Å². The van der Waals surface area contributed by atoms with E-state index in [0.29, 0.717) is 11.5 Å². The third-order valence-corrected chi connectivity index (χ3v) is 6.61. The summed E-state index contributed by atoms with van der Waals surface area (Å²) in [5, 5.41) is 0.0907. The highest BCUT2D eigenvalue weighted by Gasteiger charge is 2.30. The number of aromatic amines is 2. The Hall–Kier alpha value is -3.11. The van der Waals surface area contributed by atoms with Crippen LogP contribution in [0.5, 0.6) is 11.5 Å². The summed E-state index contributed by atoms with van der Waals surface area (Å²) in [4.78, 5) is 27.9. The molecule has 0 radical (unpaired) electrons. The standard InChI is InChI=1S/C19H19N3O6S/c1-2-22(10-12-11-27-16-5-3-4-6-17(16)28-12)29(25,26)13-7-8-15-14(9-13)18(23)21-19(24)20-15/h3-9,12H,2,10-11H2,1H3,(H2,20,21,23,24). The highest BCUT2D eigenvalue weighted by molar-refractivity contribution is 7.89. The molecular formula is C19H19N3O6S. The van der Waals surface area contributed by atoms with Crippen LogP contribution in [0.25, 0.3) is 10.9 Å². The molecule has 10 heteroatoms. The van der Waals surface area contributed by atoms with E-state index in [4.69, 9.17) is 9.47 Å². The first kappa shape index (κ1) is 19.2. The Kier molecular flexibility index (Phi) is 4.89. The number of nitrogens with one attached hydrogen (secondary N) is 2. The van der Waals surface area contributed by atoms with Crippen molar-refractivity contribution in [3.8, 4) is 11.5 Å². The van der Waals surface area contributed by atoms with Crippen molar-refractivity contribution in [3.63, 3.8) is 0 Å². The van der Waals surface area contributed by atoms with Crippen molar-refractivity contribution < 1.29 is 17.9 Å². The number of rotatable bonds is 5. The van der Waals surface area contributed by atoms with Gasteiger partial charge in [0.1, 0.15) is 12.7 Å². The molecule has 152 valence electrons. The van der Waals surface area contributed by atoms with Crippen LogP contribution >= 0.6 is 0 Å². The Morgan fingerprint density at radius 1 is 1.10 bits per heavy atom. The predicted molar refractivity (Wildman–Crippen MR) is 106 cm³/mol. The van der Waals surface area contributed by atoms with E-state index in [1.165, 1.54) is 22.5 Å². The van der Waals surface area contributed by atoms with Gasteiger partial charge in [0.2, 0.25) is 10.0 Å². The van der Waals surface area contributed by atoms with Crippen LogP contribution in [0.1, 0.15) is 6.92 Å². The minimum atomic E-state index is -3.89. The van der Waals surface area contributed by atoms with Crippen LogP contribution in [-0.4, -0.2) is 48.5 Å². The lowest BCUT2D eigenvalue weighted by atomic mass is 10.2. The Morgan fingerprint density at radius 2 is 1.86 bits per heavy atom. The van der Waals surface area contributed by atoms with Gasteiger partial charge in [-0.25, -0.2) is 13.2 Å². The molecule has 2 heterocycles. The minimum Gasteiger partial charge on any atom is -0.486 e. The molecule has 1 aliphatic heterocycles. The molecule has 2 aromatic carbocycles. The van der Waals surface area contributed by atoms with E-state index in [0.717, 1.165) is 0 Å². The molecule has 1 aromatic heterocycles. The van der Waals surface area contributed by atoms with E-state index >= 15 is 0 Å². The zero-order valence-electron chi connectivity index (χ0n) is 15.5. The Bertz CT molecular complexity index is 1280. The maximum Gasteiger partial charge on any atom is 0.326 e. The molecule has 0 aliphatic carbocycles. The Balaban J connectivity index is 1.62. The van der Waals surface area contributed by atoms with Crippen molar-refractivity contribution in [2.45, 2.75) is 17.9 Å². The fourth-order valence-corrected chi connectivity index (χ4v) is 4.74. The second-order valence-corrected chi connectivity index (χ2v) is 8.51. The average molecular weight is 417 g/mol. The van der Waals surface area contributed by atoms with Crippen LogP contribution in [0, 0.1) is 0 Å². The third-order valence-electron chi connectivity index (χ3n) is 4.68. The molecule has 0 bridgehead atoms. The largest absolute Gasteiger partial charge is 0.486 e. The van der Waals surface area contributed by atoms with Gasteiger partial charge in [-0.05, 0) is 30.3 Å². The number of fused-ring (bicyclic) bond motifs is 2. The topological polar surface area (TPSA) is 122 Å². The van der Waals surface area contributed by atoms with Crippen LogP contribution in [0.3, 0.4) is 0 Å². The second kappa shape index (κ2) is 7.37. The monoisotopic (exact) mass is 417 g/mol. The Labute approximate surface area is 165 Å². The van der Waals surface area contributed by atoms with Gasteiger partial charge < -0.3 is 14.5 Å². The lowest BCUT2D eigenvalue weighted by molar-refractivity contribution is 0.0771. The number of benzene rings is 2. The highest BCUT2D eigenvalue weighted by atomic mass is 32.2. The normalized spacial score (nSPS) is 16.3. The zero-order chi connectivity index (χ0) is 20.6. The van der Waals surface area contributed by atoms with E-state index in [-0.39, 0.29) is 35.5 Å². The van der Waals surface area contributed by atoms with Gasteiger partial charge in [-0.15, -0.1) is 0 Å². The summed E-state index contributed by atoms with van der Waals surface area (Å²) in [6.07, 6.45) is -0.472. The first-order chi connectivity index (χ1) is 13.9. The van der Waals surface area contributed by atoms with E-state index < -0.39 is 27.4 Å². The zero-order valence-corrected chi connectivity index (χ0v) is 16.4. The van der Waals surface area contributed by atoms with Crippen LogP contribution < -0.4 is 20.7 Å². The molecule has 3 aromatic rings. The lowest BCUT2D eigenvalue weighted by Crippen LogP contribution is -2.43. The fourth-order valence-electron chi connectivity index (χ4n) is 3.23. The van der Waals surface area contributed by atoms with Crippen molar-refractivity contribution in [1.82, 2.24) is 14.3 Å². The molecule has 0 spiro atoms. The van der Waals surface area contributed by atoms with Gasteiger partial charge in [0.15, 0.2) is 11.5 Å². The molecule has 1 atom stereocenters. The number of hydrogen-bond donors (Lipinski definition) is 2. The van der Waals surface area contributed by atoms with Crippen LogP contribution in [-0.2, 0) is 10.0 Å². The van der Waals surface area contributed by atoms with Gasteiger partial charge >= 0.3 is 5.69 Å². The number of aromatic nitrogens is 2. The van der Waals surface area contributed by atoms with Gasteiger partial charge in [0.05, 0.1) is 22.3 Å². The molecule has 29 heavy (non-hydrogen) atoms. The van der Waals surface area contributed by atoms with E-state index in [2.05, 4.69) is 9.97 Å². The SMILES string of the molecule is CCN(CC1COc2ccccc2O1)S(=O)(=O)c1ccc2[nH]c(=O)[nH]c(=O)c2c1. The first-order valence-electron chi connectivity index (χ1n) is 9.03. The third kappa shape index (κ3) is 3.64. The number of ether oxygens (including phenoxy) is 2. The van der Waals surface area contributed by atoms with Gasteiger partial charge in [-0.1, -0.05) is 19.1 Å². The quantitative estimate of drug-likeness (QED) is 0.640. The molecule has 1 unspecified atom stereocenters. The molecular weight excluding hydrogens is 398 g/mol. The maximum atomic E-state index is 13.1. The molecule has 1 aliphatic rings. The lowest BCUT2D eigenvalue weighted by Gasteiger charge is -2.30. The molecule has 0 saturated carbocycles. The summed E-state index contributed by atoms with van der Waals surface area (Å²) >= 11 is 0. The van der Waals surface area contributed by atoms with Crippen molar-refractivity contribution in [2.24, 2.45) is 0 Å². The van der Waals surface area contributed by atoms with Crippen molar-refractivity contribution in [2.75, 3.05) is 19.7 Å². The van der Waals surface area contributed by atoms with Gasteiger partial charge in [-0.2, -0.15) is 4.31 Å². The van der Waals surface area contributed by atoms with E-state index in [1.807, 2.05) is 12.1 Å². The summed E-state index contributed by atoms with van der Waals surface area (Å²) in [6.45, 7) is 2.25. The minimum absolute atomic E-state index is 0.0403. The number of para-hydroxylation sites is 2. The Morgan fingerprint density at radius 3 is 2.62 bits per heavy atom. The molecule has 4 rings (SSSR count). The summed E-state index contributed by atoms with van der Waals surface area (Å²) < 4.78 is 39.1. The van der Waals surface area contributed by atoms with Gasteiger partial charge in [-0.3, -0.25) is 9.78 Å². The number of H-pyrrole nitrogens is 2. The number of hydrogen-bond acceptors (Lipinski definition) is 6. The van der Waals surface area contributed by atoms with Gasteiger partial charge in [0.25, 0.3) is 5.56 Å². The number of nitrogens with zero attached hydrogens (tertiary/aromatic N) is 1. The predicted octanol–water partition coefficient (Wildman–Crippen LogP) is 1.07. The number of likely N-dealkylation sites (N-methyl/N-ethyl adjacent to an activating group) is 1. The van der Waals surface area contributed by atoms with Crippen molar-refractivity contribution in [3.05, 3.63) is 63.3 Å². The maximum absolute atomic E-state index is 13.1. The fraction of sp³-hybridized carbons (Fsp3) is 0.263. The van der Waals surface area contributed by atoms with E-state index in [1.54, 1.807) is 19.1 Å². The van der Waals surface area contributed by atoms with Crippen molar-refractivity contribution in [1.29, 1.82) is 0 Å². The number of sulfonamides is 1. The second-order valence-electron chi connectivity index (χ2n) is 6.57. The molecule has 0 saturated heterocycles. The molecule has 0 fully saturated rings. The van der Waals surface area contributed by atoms with Crippen LogP contribution in [0.2, 0.25) is 0 Å². The smallest absolute Gasteiger partial charge is 0.326 e. The summed E-state index contributed by atoms with van der Waals surface area (Å²) in [5.74, 6) is 1.19. The van der Waals surface area contributed by atoms with Gasteiger partial charge in [0, 0.05) is 6.54 Å². The molecule has 9 nitrogen and oxygen atoms in total. The average Bonchev–Trinajstić information content (AvgIpc) is 2.71. The summed E-state index contributed by atoms with van der Waals surface area (Å²) in [7, 11) is -3.89. The van der Waals surface area contributed by atoms with E-state index in [9.17, 15) is 18.0 Å². The van der Waals surface area contributed by atoms with Crippen molar-refractivity contribution >= 4 is 20.9 Å². The highest BCUT2D eigenvalue weighted by Crippen LogP contribution is 2.31.